The second-order valence-electron chi connectivity index (χ2n) is 7.73. The summed E-state index contributed by atoms with van der Waals surface area (Å²) in [5, 5.41) is 13.2. The van der Waals surface area contributed by atoms with Gasteiger partial charge in [-0.25, -0.2) is 4.79 Å². The molecule has 0 saturated heterocycles. The van der Waals surface area contributed by atoms with Crippen molar-refractivity contribution in [3.05, 3.63) is 59.7 Å². The largest absolute Gasteiger partial charge is 0.469 e. The molecule has 2 aromatic carbocycles. The van der Waals surface area contributed by atoms with Gasteiger partial charge in [-0.2, -0.15) is 0 Å². The van der Waals surface area contributed by atoms with Crippen molar-refractivity contribution in [3.8, 4) is 11.1 Å². The molecule has 0 aliphatic heterocycles. The van der Waals surface area contributed by atoms with E-state index in [9.17, 15) is 14.7 Å². The minimum absolute atomic E-state index is 0.0369. The maximum atomic E-state index is 12.6. The molecule has 3 rings (SSSR count). The monoisotopic (exact) mass is 411 g/mol. The maximum absolute atomic E-state index is 12.6. The van der Waals surface area contributed by atoms with Crippen LogP contribution < -0.4 is 5.32 Å². The lowest BCUT2D eigenvalue weighted by molar-refractivity contribution is -0.143. The standard InChI is InChI=1S/C24H29NO5/c1-4-15(2)23(21(26)13-22(27)29-3)25-24(28)30-14-20-18-11-7-5-9-16(18)17-10-6-8-12-19(17)20/h5-12,15,20-21,23,26H,4,13-14H2,1-3H3,(H,25,28)/t15-,21-,23+/m0/s1. The molecular formula is C24H29NO5. The van der Waals surface area contributed by atoms with Crippen molar-refractivity contribution < 1.29 is 24.2 Å². The first-order valence-electron chi connectivity index (χ1n) is 10.3. The number of rotatable bonds is 8. The van der Waals surface area contributed by atoms with Crippen molar-refractivity contribution >= 4 is 12.1 Å². The normalized spacial score (nSPS) is 15.5. The maximum Gasteiger partial charge on any atom is 0.407 e. The van der Waals surface area contributed by atoms with E-state index in [0.717, 1.165) is 28.7 Å². The van der Waals surface area contributed by atoms with Gasteiger partial charge >= 0.3 is 12.1 Å². The predicted octanol–water partition coefficient (Wildman–Crippen LogP) is 3.86. The number of amides is 1. The molecule has 0 spiro atoms. The number of benzene rings is 2. The number of carbonyl (C=O) groups is 2. The van der Waals surface area contributed by atoms with Crippen molar-refractivity contribution in [2.24, 2.45) is 5.92 Å². The minimum atomic E-state index is -1.05. The number of nitrogens with one attached hydrogen (secondary N) is 1. The highest BCUT2D eigenvalue weighted by Crippen LogP contribution is 2.44. The van der Waals surface area contributed by atoms with E-state index in [0.29, 0.717) is 0 Å². The zero-order chi connectivity index (χ0) is 21.7. The summed E-state index contributed by atoms with van der Waals surface area (Å²) in [5.74, 6) is -0.597. The van der Waals surface area contributed by atoms with E-state index in [1.807, 2.05) is 38.1 Å². The van der Waals surface area contributed by atoms with Crippen LogP contribution in [0.4, 0.5) is 4.79 Å². The number of aliphatic hydroxyl groups excluding tert-OH is 1. The molecule has 0 radical (unpaired) electrons. The Hall–Kier alpha value is -2.86. The smallest absolute Gasteiger partial charge is 0.407 e. The van der Waals surface area contributed by atoms with Gasteiger partial charge in [0.2, 0.25) is 0 Å². The second kappa shape index (κ2) is 9.76. The van der Waals surface area contributed by atoms with E-state index in [-0.39, 0.29) is 24.9 Å². The Morgan fingerprint density at radius 3 is 2.17 bits per heavy atom. The van der Waals surface area contributed by atoms with Crippen LogP contribution in [0.15, 0.2) is 48.5 Å². The molecule has 30 heavy (non-hydrogen) atoms. The highest BCUT2D eigenvalue weighted by molar-refractivity contribution is 5.79. The SMILES string of the molecule is CC[C@H](C)[C@@H](NC(=O)OCC1c2ccccc2-c2ccccc21)[C@@H](O)CC(=O)OC. The average Bonchev–Trinajstić information content (AvgIpc) is 3.09. The second-order valence-corrected chi connectivity index (χ2v) is 7.73. The number of hydrogen-bond donors (Lipinski definition) is 2. The highest BCUT2D eigenvalue weighted by atomic mass is 16.5. The molecule has 0 aromatic heterocycles. The first kappa shape index (κ1) is 21.8. The Balaban J connectivity index is 1.68. The van der Waals surface area contributed by atoms with Crippen molar-refractivity contribution in [2.75, 3.05) is 13.7 Å². The van der Waals surface area contributed by atoms with Crippen molar-refractivity contribution in [1.29, 1.82) is 0 Å². The molecule has 0 bridgehead atoms. The third kappa shape index (κ3) is 4.65. The number of carbonyl (C=O) groups excluding carboxylic acids is 2. The van der Waals surface area contributed by atoms with E-state index in [2.05, 4.69) is 34.3 Å². The van der Waals surface area contributed by atoms with Gasteiger partial charge in [0.1, 0.15) is 6.61 Å². The van der Waals surface area contributed by atoms with Crippen LogP contribution >= 0.6 is 0 Å². The molecule has 160 valence electrons. The molecule has 1 aliphatic carbocycles. The van der Waals surface area contributed by atoms with Crippen LogP contribution in [0.5, 0.6) is 0 Å². The van der Waals surface area contributed by atoms with E-state index >= 15 is 0 Å². The van der Waals surface area contributed by atoms with E-state index < -0.39 is 24.2 Å². The summed E-state index contributed by atoms with van der Waals surface area (Å²) in [5.41, 5.74) is 4.59. The summed E-state index contributed by atoms with van der Waals surface area (Å²) in [6, 6.07) is 15.7. The average molecular weight is 411 g/mol. The molecule has 6 heteroatoms. The number of aliphatic hydroxyl groups is 1. The summed E-state index contributed by atoms with van der Waals surface area (Å²) < 4.78 is 10.2. The topological polar surface area (TPSA) is 84.9 Å². The molecule has 2 N–H and O–H groups in total. The van der Waals surface area contributed by atoms with Gasteiger partial charge in [-0.05, 0) is 28.2 Å². The van der Waals surface area contributed by atoms with Crippen LogP contribution in [0.3, 0.4) is 0 Å². The molecule has 3 atom stereocenters. The third-order valence-corrected chi connectivity index (χ3v) is 5.90. The van der Waals surface area contributed by atoms with Crippen molar-refractivity contribution in [3.63, 3.8) is 0 Å². The molecule has 0 unspecified atom stereocenters. The quantitative estimate of drug-likeness (QED) is 0.644. The summed E-state index contributed by atoms with van der Waals surface area (Å²) >= 11 is 0. The van der Waals surface area contributed by atoms with Gasteiger partial charge in [0.15, 0.2) is 0 Å². The number of ether oxygens (including phenoxy) is 2. The van der Waals surface area contributed by atoms with Gasteiger partial charge in [0.05, 0.1) is 25.7 Å². The molecule has 0 fully saturated rings. The molecule has 1 aliphatic rings. The minimum Gasteiger partial charge on any atom is -0.469 e. The van der Waals surface area contributed by atoms with Crippen LogP contribution in [-0.2, 0) is 14.3 Å². The van der Waals surface area contributed by atoms with Crippen LogP contribution in [0, 0.1) is 5.92 Å². The van der Waals surface area contributed by atoms with E-state index in [4.69, 9.17) is 4.74 Å². The molecule has 2 aromatic rings. The molecule has 0 heterocycles. The molecular weight excluding hydrogens is 382 g/mol. The number of methoxy groups -OCH3 is 1. The lowest BCUT2D eigenvalue weighted by Crippen LogP contribution is -2.48. The Bertz CT molecular complexity index is 851. The van der Waals surface area contributed by atoms with Gasteiger partial charge in [0, 0.05) is 5.92 Å². The van der Waals surface area contributed by atoms with Gasteiger partial charge in [-0.15, -0.1) is 0 Å². The number of alkyl carbamates (subject to hydrolysis) is 1. The Morgan fingerprint density at radius 2 is 1.63 bits per heavy atom. The van der Waals surface area contributed by atoms with Crippen molar-refractivity contribution in [1.82, 2.24) is 5.32 Å². The van der Waals surface area contributed by atoms with Gasteiger partial charge < -0.3 is 19.9 Å². The fourth-order valence-corrected chi connectivity index (χ4v) is 4.03. The first-order chi connectivity index (χ1) is 14.5. The summed E-state index contributed by atoms with van der Waals surface area (Å²) in [6.07, 6.45) is -1.11. The van der Waals surface area contributed by atoms with Gasteiger partial charge in [0.25, 0.3) is 0 Å². The van der Waals surface area contributed by atoms with Gasteiger partial charge in [-0.3, -0.25) is 4.79 Å². The Kier molecular flexibility index (Phi) is 7.11. The fraction of sp³-hybridized carbons (Fsp3) is 0.417. The highest BCUT2D eigenvalue weighted by Gasteiger charge is 2.31. The Labute approximate surface area is 177 Å². The molecule has 0 saturated carbocycles. The molecule has 1 amide bonds. The first-order valence-corrected chi connectivity index (χ1v) is 10.3. The summed E-state index contributed by atoms with van der Waals surface area (Å²) in [7, 11) is 1.27. The van der Waals surface area contributed by atoms with Crippen LogP contribution in [0.2, 0.25) is 0 Å². The summed E-state index contributed by atoms with van der Waals surface area (Å²) in [6.45, 7) is 4.07. The number of esters is 1. The summed E-state index contributed by atoms with van der Waals surface area (Å²) in [4.78, 5) is 24.1. The lowest BCUT2D eigenvalue weighted by Gasteiger charge is -2.28. The lowest BCUT2D eigenvalue weighted by atomic mass is 9.93. The zero-order valence-corrected chi connectivity index (χ0v) is 17.6. The van der Waals surface area contributed by atoms with Gasteiger partial charge in [-0.1, -0.05) is 68.8 Å². The van der Waals surface area contributed by atoms with E-state index in [1.54, 1.807) is 0 Å². The molecule has 6 nitrogen and oxygen atoms in total. The van der Waals surface area contributed by atoms with Crippen LogP contribution in [0.25, 0.3) is 11.1 Å². The van der Waals surface area contributed by atoms with E-state index in [1.165, 1.54) is 7.11 Å². The van der Waals surface area contributed by atoms with Crippen LogP contribution in [-0.4, -0.2) is 43.0 Å². The fourth-order valence-electron chi connectivity index (χ4n) is 4.03. The number of hydrogen-bond acceptors (Lipinski definition) is 5. The third-order valence-electron chi connectivity index (χ3n) is 5.90. The zero-order valence-electron chi connectivity index (χ0n) is 17.6. The predicted molar refractivity (Wildman–Crippen MR) is 114 cm³/mol. The number of fused-ring (bicyclic) bond motifs is 3. The Morgan fingerprint density at radius 1 is 1.07 bits per heavy atom. The van der Waals surface area contributed by atoms with Crippen LogP contribution in [0.1, 0.15) is 43.7 Å². The van der Waals surface area contributed by atoms with Crippen molar-refractivity contribution in [2.45, 2.75) is 44.8 Å².